The molecule has 2 rings (SSSR count). The van der Waals surface area contributed by atoms with Gasteiger partial charge in [-0.1, -0.05) is 0 Å². The lowest BCUT2D eigenvalue weighted by atomic mass is 9.97. The molecule has 2 unspecified atom stereocenters. The number of hydrogen-bond donors (Lipinski definition) is 1. The van der Waals surface area contributed by atoms with Crippen LogP contribution in [0.15, 0.2) is 24.5 Å². The van der Waals surface area contributed by atoms with Crippen LogP contribution >= 0.6 is 0 Å². The van der Waals surface area contributed by atoms with Gasteiger partial charge >= 0.3 is 5.97 Å². The number of ether oxygens (including phenoxy) is 1. The number of nitrogens with zero attached hydrogens (tertiary/aromatic N) is 1. The van der Waals surface area contributed by atoms with Crippen molar-refractivity contribution in [2.75, 3.05) is 13.2 Å². The van der Waals surface area contributed by atoms with Crippen molar-refractivity contribution in [1.82, 2.24) is 4.98 Å². The Morgan fingerprint density at radius 3 is 2.71 bits per heavy atom. The second-order valence-electron chi connectivity index (χ2n) is 5.79. The lowest BCUT2D eigenvalue weighted by Gasteiger charge is -2.35. The van der Waals surface area contributed by atoms with Crippen LogP contribution in [0.3, 0.4) is 0 Å². The van der Waals surface area contributed by atoms with Crippen LogP contribution in [-0.4, -0.2) is 36.2 Å². The minimum Gasteiger partial charge on any atom is -1.00 e. The Bertz CT molecular complexity index is 418. The Hall–Kier alpha value is -1.13. The predicted octanol–water partition coefficient (Wildman–Crippen LogP) is -1.52. The molecule has 0 spiro atoms. The fourth-order valence-electron chi connectivity index (χ4n) is 3.09. The molecule has 1 saturated heterocycles. The number of likely N-dealkylation sites (tertiary alicyclic amines) is 1. The van der Waals surface area contributed by atoms with E-state index in [2.05, 4.69) is 18.8 Å². The van der Waals surface area contributed by atoms with Crippen molar-refractivity contribution in [3.63, 3.8) is 0 Å². The molecule has 1 fully saturated rings. The van der Waals surface area contributed by atoms with E-state index in [1.807, 2.05) is 0 Å². The molecular formula is C16H25ClN2O2. The largest absolute Gasteiger partial charge is 1.00 e. The van der Waals surface area contributed by atoms with Crippen LogP contribution in [-0.2, 0) is 4.74 Å². The third kappa shape index (κ3) is 5.29. The van der Waals surface area contributed by atoms with E-state index in [1.165, 1.54) is 19.3 Å². The number of piperidine rings is 1. The highest BCUT2D eigenvalue weighted by Gasteiger charge is 2.27. The zero-order valence-electron chi connectivity index (χ0n) is 12.8. The molecule has 0 amide bonds. The summed E-state index contributed by atoms with van der Waals surface area (Å²) in [4.78, 5) is 17.3. The first kappa shape index (κ1) is 17.9. The molecule has 0 saturated carbocycles. The number of hydrogen-bond acceptors (Lipinski definition) is 3. The van der Waals surface area contributed by atoms with Gasteiger partial charge < -0.3 is 22.0 Å². The second-order valence-corrected chi connectivity index (χ2v) is 5.79. The standard InChI is InChI=1S/C16H24N2O2.ClH/c1-13-6-3-7-14(2)18(13)10-5-11-20-16(19)15-8-4-9-17-12-15;/h4,8-9,12-14H,3,5-7,10-11H2,1-2H3;1H. The average Bonchev–Trinajstić information content (AvgIpc) is 2.46. The fraction of sp³-hybridized carbons (Fsp3) is 0.625. The number of carbonyl (C=O) groups is 1. The Morgan fingerprint density at radius 2 is 2.10 bits per heavy atom. The summed E-state index contributed by atoms with van der Waals surface area (Å²) in [7, 11) is 0. The molecule has 1 aromatic rings. The summed E-state index contributed by atoms with van der Waals surface area (Å²) in [6.45, 7) is 6.23. The van der Waals surface area contributed by atoms with Gasteiger partial charge in [-0.2, -0.15) is 0 Å². The minimum absolute atomic E-state index is 0. The maximum atomic E-state index is 11.8. The van der Waals surface area contributed by atoms with Crippen LogP contribution in [0.4, 0.5) is 0 Å². The maximum Gasteiger partial charge on any atom is 0.339 e. The molecule has 1 aromatic heterocycles. The van der Waals surface area contributed by atoms with Crippen LogP contribution in [0, 0.1) is 0 Å². The highest BCUT2D eigenvalue weighted by atomic mass is 35.5. The van der Waals surface area contributed by atoms with Crippen LogP contribution < -0.4 is 17.3 Å². The summed E-state index contributed by atoms with van der Waals surface area (Å²) in [5, 5.41) is 0. The normalized spacial score (nSPS) is 25.0. The molecule has 0 radical (unpaired) electrons. The van der Waals surface area contributed by atoms with Crippen molar-refractivity contribution < 1.29 is 26.8 Å². The SMILES string of the molecule is CC1CCCC(C)[NH+]1CCCOC(=O)c1cccnc1.[Cl-]. The van der Waals surface area contributed by atoms with Gasteiger partial charge in [0, 0.05) is 18.8 Å². The molecule has 2 atom stereocenters. The molecule has 0 aliphatic carbocycles. The van der Waals surface area contributed by atoms with E-state index < -0.39 is 0 Å². The zero-order chi connectivity index (χ0) is 14.4. The predicted molar refractivity (Wildman–Crippen MR) is 77.7 cm³/mol. The first-order chi connectivity index (χ1) is 9.68. The van der Waals surface area contributed by atoms with E-state index in [4.69, 9.17) is 4.74 Å². The van der Waals surface area contributed by atoms with Crippen LogP contribution in [0.1, 0.15) is 49.9 Å². The minimum atomic E-state index is -0.271. The van der Waals surface area contributed by atoms with Gasteiger partial charge in [-0.3, -0.25) is 4.98 Å². The van der Waals surface area contributed by atoms with Gasteiger partial charge in [0.1, 0.15) is 0 Å². The summed E-state index contributed by atoms with van der Waals surface area (Å²) >= 11 is 0. The van der Waals surface area contributed by atoms with Crippen molar-refractivity contribution in [1.29, 1.82) is 0 Å². The molecule has 1 aliphatic rings. The van der Waals surface area contributed by atoms with Crippen molar-refractivity contribution in [3.8, 4) is 0 Å². The van der Waals surface area contributed by atoms with Crippen LogP contribution in [0.25, 0.3) is 0 Å². The van der Waals surface area contributed by atoms with Crippen molar-refractivity contribution in [2.24, 2.45) is 0 Å². The summed E-state index contributed by atoms with van der Waals surface area (Å²) in [5.41, 5.74) is 0.527. The number of nitrogens with one attached hydrogen (secondary N) is 1. The van der Waals surface area contributed by atoms with Gasteiger partial charge in [0.25, 0.3) is 0 Å². The van der Waals surface area contributed by atoms with Gasteiger partial charge in [-0.25, -0.2) is 4.79 Å². The third-order valence-electron chi connectivity index (χ3n) is 4.28. The lowest BCUT2D eigenvalue weighted by Crippen LogP contribution is -3.19. The molecule has 118 valence electrons. The smallest absolute Gasteiger partial charge is 0.339 e. The third-order valence-corrected chi connectivity index (χ3v) is 4.28. The van der Waals surface area contributed by atoms with Gasteiger partial charge in [0.15, 0.2) is 0 Å². The van der Waals surface area contributed by atoms with E-state index in [0.29, 0.717) is 12.2 Å². The summed E-state index contributed by atoms with van der Waals surface area (Å²) in [5.74, 6) is -0.271. The van der Waals surface area contributed by atoms with E-state index in [-0.39, 0.29) is 18.4 Å². The van der Waals surface area contributed by atoms with Crippen molar-refractivity contribution >= 4 is 5.97 Å². The number of quaternary nitrogens is 1. The van der Waals surface area contributed by atoms with Crippen molar-refractivity contribution in [2.45, 2.75) is 51.6 Å². The Balaban J connectivity index is 0.00000220. The molecule has 1 aliphatic heterocycles. The van der Waals surface area contributed by atoms with Gasteiger partial charge in [0.2, 0.25) is 0 Å². The number of halogens is 1. The zero-order valence-corrected chi connectivity index (χ0v) is 13.6. The number of rotatable bonds is 5. The van der Waals surface area contributed by atoms with E-state index in [0.717, 1.165) is 25.0 Å². The van der Waals surface area contributed by atoms with Gasteiger partial charge in [-0.15, -0.1) is 0 Å². The molecule has 1 N–H and O–H groups in total. The molecule has 21 heavy (non-hydrogen) atoms. The number of carbonyl (C=O) groups excluding carboxylic acids is 1. The van der Waals surface area contributed by atoms with E-state index in [1.54, 1.807) is 29.4 Å². The molecule has 2 heterocycles. The van der Waals surface area contributed by atoms with Gasteiger partial charge in [0.05, 0.1) is 30.8 Å². The summed E-state index contributed by atoms with van der Waals surface area (Å²) in [6, 6.07) is 4.94. The number of esters is 1. The van der Waals surface area contributed by atoms with E-state index in [9.17, 15) is 4.79 Å². The summed E-state index contributed by atoms with van der Waals surface area (Å²) < 4.78 is 5.30. The molecule has 5 heteroatoms. The molecular weight excluding hydrogens is 288 g/mol. The summed E-state index contributed by atoms with van der Waals surface area (Å²) in [6.07, 6.45) is 8.10. The second kappa shape index (κ2) is 9.00. The molecule has 0 bridgehead atoms. The Labute approximate surface area is 133 Å². The maximum absolute atomic E-state index is 11.8. The Morgan fingerprint density at radius 1 is 1.38 bits per heavy atom. The highest BCUT2D eigenvalue weighted by Crippen LogP contribution is 2.07. The monoisotopic (exact) mass is 312 g/mol. The first-order valence-corrected chi connectivity index (χ1v) is 7.61. The Kier molecular flexibility index (Phi) is 7.68. The first-order valence-electron chi connectivity index (χ1n) is 7.61. The molecule has 0 aromatic carbocycles. The highest BCUT2D eigenvalue weighted by molar-refractivity contribution is 5.88. The van der Waals surface area contributed by atoms with Crippen molar-refractivity contribution in [3.05, 3.63) is 30.1 Å². The fourth-order valence-corrected chi connectivity index (χ4v) is 3.09. The quantitative estimate of drug-likeness (QED) is 0.530. The lowest BCUT2D eigenvalue weighted by molar-refractivity contribution is -0.951. The number of pyridine rings is 1. The van der Waals surface area contributed by atoms with Gasteiger partial charge in [-0.05, 0) is 45.2 Å². The average molecular weight is 313 g/mol. The van der Waals surface area contributed by atoms with Crippen LogP contribution in [0.2, 0.25) is 0 Å². The topological polar surface area (TPSA) is 43.6 Å². The molecule has 4 nitrogen and oxygen atoms in total. The van der Waals surface area contributed by atoms with E-state index >= 15 is 0 Å². The number of aromatic nitrogens is 1. The van der Waals surface area contributed by atoms with Crippen LogP contribution in [0.5, 0.6) is 0 Å².